The van der Waals surface area contributed by atoms with Crippen LogP contribution in [0.1, 0.15) is 45.2 Å². The first-order chi connectivity index (χ1) is 9.90. The standard InChI is InChI=1S/C17H25NO3/c1-17(2,3)21-16(19)18-11-10-14(20-4)12-15(18)13-8-6-5-7-9-13/h5-9,14-15H,10-12H2,1-4H3. The summed E-state index contributed by atoms with van der Waals surface area (Å²) in [5.41, 5.74) is 0.654. The molecule has 0 bridgehead atoms. The zero-order valence-electron chi connectivity index (χ0n) is 13.3. The molecule has 0 saturated carbocycles. The summed E-state index contributed by atoms with van der Waals surface area (Å²) >= 11 is 0. The molecule has 4 heteroatoms. The second-order valence-corrected chi connectivity index (χ2v) is 6.48. The second kappa shape index (κ2) is 6.48. The van der Waals surface area contributed by atoms with Crippen molar-refractivity contribution in [3.63, 3.8) is 0 Å². The predicted octanol–water partition coefficient (Wildman–Crippen LogP) is 3.77. The summed E-state index contributed by atoms with van der Waals surface area (Å²) in [6, 6.07) is 10.1. The zero-order valence-corrected chi connectivity index (χ0v) is 13.3. The van der Waals surface area contributed by atoms with Crippen LogP contribution >= 0.6 is 0 Å². The average molecular weight is 291 g/mol. The van der Waals surface area contributed by atoms with Gasteiger partial charge >= 0.3 is 6.09 Å². The maximum absolute atomic E-state index is 12.5. The lowest BCUT2D eigenvalue weighted by Gasteiger charge is -2.39. The number of carbonyl (C=O) groups is 1. The number of hydrogen-bond acceptors (Lipinski definition) is 3. The molecular formula is C17H25NO3. The minimum absolute atomic E-state index is 0.0137. The van der Waals surface area contributed by atoms with E-state index in [0.717, 1.165) is 18.4 Å². The fraction of sp³-hybridized carbons (Fsp3) is 0.588. The van der Waals surface area contributed by atoms with E-state index in [1.165, 1.54) is 0 Å². The first-order valence-electron chi connectivity index (χ1n) is 7.48. The van der Waals surface area contributed by atoms with Crippen molar-refractivity contribution in [2.45, 2.75) is 51.4 Å². The quantitative estimate of drug-likeness (QED) is 0.832. The highest BCUT2D eigenvalue weighted by molar-refractivity contribution is 5.69. The fourth-order valence-corrected chi connectivity index (χ4v) is 2.68. The highest BCUT2D eigenvalue weighted by Crippen LogP contribution is 2.33. The molecule has 1 saturated heterocycles. The summed E-state index contributed by atoms with van der Waals surface area (Å²) in [7, 11) is 1.73. The lowest BCUT2D eigenvalue weighted by atomic mass is 9.93. The SMILES string of the molecule is COC1CCN(C(=O)OC(C)(C)C)C(c2ccccc2)C1. The molecule has 1 aromatic rings. The van der Waals surface area contributed by atoms with Gasteiger partial charge in [-0.3, -0.25) is 0 Å². The van der Waals surface area contributed by atoms with Crippen molar-refractivity contribution in [1.29, 1.82) is 0 Å². The molecule has 1 aromatic carbocycles. The number of methoxy groups -OCH3 is 1. The van der Waals surface area contributed by atoms with Gasteiger partial charge in [-0.15, -0.1) is 0 Å². The van der Waals surface area contributed by atoms with Crippen LogP contribution < -0.4 is 0 Å². The molecule has 21 heavy (non-hydrogen) atoms. The molecule has 0 aliphatic carbocycles. The van der Waals surface area contributed by atoms with Crippen molar-refractivity contribution in [3.8, 4) is 0 Å². The first kappa shape index (κ1) is 15.8. The van der Waals surface area contributed by atoms with Gasteiger partial charge in [0.15, 0.2) is 0 Å². The Morgan fingerprint density at radius 2 is 1.90 bits per heavy atom. The van der Waals surface area contributed by atoms with Crippen LogP contribution in [0, 0.1) is 0 Å². The number of ether oxygens (including phenoxy) is 2. The second-order valence-electron chi connectivity index (χ2n) is 6.48. The van der Waals surface area contributed by atoms with Crippen LogP contribution in [-0.2, 0) is 9.47 Å². The van der Waals surface area contributed by atoms with Gasteiger partial charge in [0, 0.05) is 13.7 Å². The molecule has 0 radical (unpaired) electrons. The van der Waals surface area contributed by atoms with Gasteiger partial charge in [-0.2, -0.15) is 0 Å². The van der Waals surface area contributed by atoms with E-state index in [2.05, 4.69) is 12.1 Å². The number of rotatable bonds is 2. The lowest BCUT2D eigenvalue weighted by Crippen LogP contribution is -2.45. The van der Waals surface area contributed by atoms with Gasteiger partial charge < -0.3 is 14.4 Å². The topological polar surface area (TPSA) is 38.8 Å². The van der Waals surface area contributed by atoms with E-state index < -0.39 is 5.60 Å². The summed E-state index contributed by atoms with van der Waals surface area (Å²) in [6.45, 7) is 6.34. The Bertz CT molecular complexity index is 467. The number of hydrogen-bond donors (Lipinski definition) is 0. The summed E-state index contributed by atoms with van der Waals surface area (Å²) in [5, 5.41) is 0. The number of benzene rings is 1. The van der Waals surface area contributed by atoms with Crippen molar-refractivity contribution in [2.24, 2.45) is 0 Å². The van der Waals surface area contributed by atoms with Gasteiger partial charge in [-0.1, -0.05) is 30.3 Å². The number of piperidine rings is 1. The molecule has 2 rings (SSSR count). The van der Waals surface area contributed by atoms with Gasteiger partial charge in [0.05, 0.1) is 12.1 Å². The summed E-state index contributed by atoms with van der Waals surface area (Å²) < 4.78 is 11.0. The van der Waals surface area contributed by atoms with Gasteiger partial charge in [0.2, 0.25) is 0 Å². The summed E-state index contributed by atoms with van der Waals surface area (Å²) in [4.78, 5) is 14.3. The van der Waals surface area contributed by atoms with Crippen LogP contribution in [0.25, 0.3) is 0 Å². The third-order valence-corrected chi connectivity index (χ3v) is 3.70. The monoisotopic (exact) mass is 291 g/mol. The number of amides is 1. The van der Waals surface area contributed by atoms with Gasteiger partial charge in [0.1, 0.15) is 5.60 Å². The van der Waals surface area contributed by atoms with E-state index in [9.17, 15) is 4.79 Å². The van der Waals surface area contributed by atoms with Gasteiger partial charge in [-0.25, -0.2) is 4.79 Å². The van der Waals surface area contributed by atoms with Crippen molar-refractivity contribution >= 4 is 6.09 Å². The first-order valence-corrected chi connectivity index (χ1v) is 7.48. The van der Waals surface area contributed by atoms with Crippen LogP contribution in [0.3, 0.4) is 0 Å². The fourth-order valence-electron chi connectivity index (χ4n) is 2.68. The van der Waals surface area contributed by atoms with Crippen LogP contribution in [0.4, 0.5) is 4.79 Å². The molecule has 0 spiro atoms. The molecule has 2 unspecified atom stereocenters. The van der Waals surface area contributed by atoms with E-state index in [1.54, 1.807) is 7.11 Å². The highest BCUT2D eigenvalue weighted by Gasteiger charge is 2.35. The Hall–Kier alpha value is -1.55. The van der Waals surface area contributed by atoms with Crippen LogP contribution in [-0.4, -0.2) is 36.4 Å². The third kappa shape index (κ3) is 4.21. The molecule has 4 nitrogen and oxygen atoms in total. The van der Waals surface area contributed by atoms with Crippen LogP contribution in [0.15, 0.2) is 30.3 Å². The minimum Gasteiger partial charge on any atom is -0.444 e. The number of carbonyl (C=O) groups excluding carboxylic acids is 1. The number of likely N-dealkylation sites (tertiary alicyclic amines) is 1. The van der Waals surface area contributed by atoms with E-state index >= 15 is 0 Å². The normalized spacial score (nSPS) is 23.0. The maximum Gasteiger partial charge on any atom is 0.410 e. The maximum atomic E-state index is 12.5. The zero-order chi connectivity index (χ0) is 15.5. The Morgan fingerprint density at radius 1 is 1.24 bits per heavy atom. The van der Waals surface area contributed by atoms with Crippen LogP contribution in [0.2, 0.25) is 0 Å². The molecule has 116 valence electrons. The molecule has 0 aromatic heterocycles. The number of nitrogens with zero attached hydrogens (tertiary/aromatic N) is 1. The van der Waals surface area contributed by atoms with Crippen molar-refractivity contribution < 1.29 is 14.3 Å². The predicted molar refractivity (Wildman–Crippen MR) is 82.2 cm³/mol. The molecule has 1 aliphatic heterocycles. The van der Waals surface area contributed by atoms with E-state index in [4.69, 9.17) is 9.47 Å². The molecular weight excluding hydrogens is 266 g/mol. The molecule has 2 atom stereocenters. The lowest BCUT2D eigenvalue weighted by molar-refractivity contribution is -0.0186. The summed E-state index contributed by atoms with van der Waals surface area (Å²) in [6.07, 6.45) is 1.60. The highest BCUT2D eigenvalue weighted by atomic mass is 16.6. The van der Waals surface area contributed by atoms with Crippen molar-refractivity contribution in [2.75, 3.05) is 13.7 Å². The Balaban J connectivity index is 2.19. The van der Waals surface area contributed by atoms with Gasteiger partial charge in [0.25, 0.3) is 0 Å². The Kier molecular flexibility index (Phi) is 4.88. The van der Waals surface area contributed by atoms with Gasteiger partial charge in [-0.05, 0) is 39.2 Å². The third-order valence-electron chi connectivity index (χ3n) is 3.70. The smallest absolute Gasteiger partial charge is 0.410 e. The van der Waals surface area contributed by atoms with Crippen molar-refractivity contribution in [3.05, 3.63) is 35.9 Å². The van der Waals surface area contributed by atoms with E-state index in [1.807, 2.05) is 43.9 Å². The Labute approximate surface area is 127 Å². The van der Waals surface area contributed by atoms with E-state index in [0.29, 0.717) is 6.54 Å². The molecule has 0 N–H and O–H groups in total. The molecule has 1 fully saturated rings. The van der Waals surface area contributed by atoms with E-state index in [-0.39, 0.29) is 18.2 Å². The molecule has 1 heterocycles. The molecule has 1 aliphatic rings. The summed E-state index contributed by atoms with van der Waals surface area (Å²) in [5.74, 6) is 0. The Morgan fingerprint density at radius 3 is 2.48 bits per heavy atom. The average Bonchev–Trinajstić information content (AvgIpc) is 2.45. The largest absolute Gasteiger partial charge is 0.444 e. The molecule has 1 amide bonds. The minimum atomic E-state index is -0.476. The van der Waals surface area contributed by atoms with Crippen molar-refractivity contribution in [1.82, 2.24) is 4.90 Å². The van der Waals surface area contributed by atoms with Crippen LogP contribution in [0.5, 0.6) is 0 Å².